The van der Waals surface area contributed by atoms with E-state index in [0.717, 1.165) is 0 Å². The Morgan fingerprint density at radius 2 is 1.88 bits per heavy atom. The Hall–Kier alpha value is -4.34. The number of nitrogens with zero attached hydrogens (tertiary/aromatic N) is 5. The molecule has 0 saturated carbocycles. The third kappa shape index (κ3) is 4.24. The molecule has 0 radical (unpaired) electrons. The highest BCUT2D eigenvalue weighted by atomic mass is 16.6. The maximum atomic E-state index is 12.1. The van der Waals surface area contributed by atoms with Gasteiger partial charge in [-0.15, -0.1) is 0 Å². The highest BCUT2D eigenvalue weighted by molar-refractivity contribution is 5.90. The number of fused-ring (bicyclic) bond motifs is 1. The summed E-state index contributed by atoms with van der Waals surface area (Å²) in [7, 11) is 0. The van der Waals surface area contributed by atoms with E-state index in [0.29, 0.717) is 28.9 Å². The second-order valence-corrected chi connectivity index (χ2v) is 7.45. The van der Waals surface area contributed by atoms with Crippen molar-refractivity contribution in [3.8, 4) is 5.82 Å². The average Bonchev–Trinajstić information content (AvgIpc) is 3.21. The summed E-state index contributed by atoms with van der Waals surface area (Å²) in [5.41, 5.74) is 1.99. The summed E-state index contributed by atoms with van der Waals surface area (Å²) in [6.45, 7) is 4.24. The lowest BCUT2D eigenvalue weighted by molar-refractivity contribution is -0.384. The molecule has 2 aromatic carbocycles. The van der Waals surface area contributed by atoms with Gasteiger partial charge in [0.05, 0.1) is 28.1 Å². The van der Waals surface area contributed by atoms with Crippen LogP contribution in [0.2, 0.25) is 0 Å². The summed E-state index contributed by atoms with van der Waals surface area (Å²) in [5, 5.41) is 14.9. The fraction of sp³-hybridized carbons (Fsp3) is 0.182. The Labute approximate surface area is 183 Å². The molecule has 0 aliphatic heterocycles. The van der Waals surface area contributed by atoms with Gasteiger partial charge in [-0.3, -0.25) is 14.7 Å². The molecule has 162 valence electrons. The Morgan fingerprint density at radius 1 is 1.12 bits per heavy atom. The molecule has 0 fully saturated rings. The number of anilines is 2. The van der Waals surface area contributed by atoms with Crippen LogP contribution in [0.4, 0.5) is 17.2 Å². The molecule has 0 saturated heterocycles. The second kappa shape index (κ2) is 8.80. The first-order valence-electron chi connectivity index (χ1n) is 9.90. The van der Waals surface area contributed by atoms with Gasteiger partial charge in [0.2, 0.25) is 11.6 Å². The molecule has 0 atom stereocenters. The van der Waals surface area contributed by atoms with Gasteiger partial charge >= 0.3 is 11.7 Å². The summed E-state index contributed by atoms with van der Waals surface area (Å²) < 4.78 is 6.76. The van der Waals surface area contributed by atoms with Crippen LogP contribution in [-0.4, -0.2) is 37.0 Å². The largest absolute Gasteiger partial charge is 0.462 e. The fourth-order valence-corrected chi connectivity index (χ4v) is 3.09. The van der Waals surface area contributed by atoms with Crippen molar-refractivity contribution in [2.24, 2.45) is 5.92 Å². The van der Waals surface area contributed by atoms with Gasteiger partial charge in [0.1, 0.15) is 12.7 Å². The molecule has 0 unspecified atom stereocenters. The molecule has 4 rings (SSSR count). The van der Waals surface area contributed by atoms with Gasteiger partial charge in [-0.1, -0.05) is 26.0 Å². The lowest BCUT2D eigenvalue weighted by Gasteiger charge is -2.10. The van der Waals surface area contributed by atoms with Crippen LogP contribution in [0.5, 0.6) is 0 Å². The average molecular weight is 432 g/mol. The number of benzene rings is 2. The van der Waals surface area contributed by atoms with E-state index < -0.39 is 10.9 Å². The molecule has 4 aromatic rings. The monoisotopic (exact) mass is 432 g/mol. The molecule has 1 N–H and O–H groups in total. The molecule has 0 aliphatic rings. The predicted molar refractivity (Wildman–Crippen MR) is 118 cm³/mol. The minimum absolute atomic E-state index is 0.0212. The van der Waals surface area contributed by atoms with E-state index in [1.54, 1.807) is 34.9 Å². The molecule has 2 heterocycles. The number of aromatic nitrogens is 4. The first-order valence-corrected chi connectivity index (χ1v) is 9.90. The molecule has 0 bridgehead atoms. The maximum absolute atomic E-state index is 12.1. The van der Waals surface area contributed by atoms with Crippen LogP contribution in [0.3, 0.4) is 0 Å². The number of hydrogen-bond donors (Lipinski definition) is 1. The Bertz CT molecular complexity index is 1280. The molecule has 10 nitrogen and oxygen atoms in total. The van der Waals surface area contributed by atoms with Gasteiger partial charge in [0, 0.05) is 5.69 Å². The standard InChI is InChI=1S/C22H20N6O4/c1-14(2)11-32-22(29)15-7-9-16(10-8-15)26-20-19(28(30)31)21(24-12-23-20)27-13-25-17-5-3-4-6-18(17)27/h3-10,12-14H,11H2,1-2H3,(H,23,24,26). The van der Waals surface area contributed by atoms with Crippen LogP contribution in [-0.2, 0) is 4.74 Å². The first-order chi connectivity index (χ1) is 15.4. The molecule has 2 aromatic heterocycles. The zero-order valence-corrected chi connectivity index (χ0v) is 17.4. The quantitative estimate of drug-likeness (QED) is 0.261. The van der Waals surface area contributed by atoms with Crippen molar-refractivity contribution in [2.45, 2.75) is 13.8 Å². The molecule has 10 heteroatoms. The van der Waals surface area contributed by atoms with E-state index in [4.69, 9.17) is 4.74 Å². The predicted octanol–water partition coefficient (Wildman–Crippen LogP) is 4.28. The smallest absolute Gasteiger partial charge is 0.354 e. The summed E-state index contributed by atoms with van der Waals surface area (Å²) in [4.78, 5) is 35.9. The number of esters is 1. The lowest BCUT2D eigenvalue weighted by Crippen LogP contribution is -2.10. The van der Waals surface area contributed by atoms with Crippen molar-refractivity contribution in [3.05, 3.63) is 76.9 Å². The Balaban J connectivity index is 1.64. The second-order valence-electron chi connectivity index (χ2n) is 7.45. The number of ether oxygens (including phenoxy) is 1. The normalized spacial score (nSPS) is 11.0. The van der Waals surface area contributed by atoms with Crippen molar-refractivity contribution >= 4 is 34.2 Å². The fourth-order valence-electron chi connectivity index (χ4n) is 3.09. The summed E-state index contributed by atoms with van der Waals surface area (Å²) >= 11 is 0. The van der Waals surface area contributed by atoms with Crippen LogP contribution >= 0.6 is 0 Å². The van der Waals surface area contributed by atoms with E-state index in [1.165, 1.54) is 12.7 Å². The van der Waals surface area contributed by atoms with Crippen LogP contribution < -0.4 is 5.32 Å². The van der Waals surface area contributed by atoms with E-state index in [2.05, 4.69) is 20.3 Å². The highest BCUT2D eigenvalue weighted by Gasteiger charge is 2.25. The number of carbonyl (C=O) groups is 1. The van der Waals surface area contributed by atoms with Gasteiger partial charge < -0.3 is 10.1 Å². The van der Waals surface area contributed by atoms with Gasteiger partial charge in [0.15, 0.2) is 0 Å². The first kappa shape index (κ1) is 20.9. The zero-order valence-electron chi connectivity index (χ0n) is 17.4. The number of carbonyl (C=O) groups excluding carboxylic acids is 1. The molecule has 0 amide bonds. The van der Waals surface area contributed by atoms with Crippen molar-refractivity contribution in [1.82, 2.24) is 19.5 Å². The van der Waals surface area contributed by atoms with Gasteiger partial charge in [-0.2, -0.15) is 0 Å². The molecule has 0 aliphatic carbocycles. The summed E-state index contributed by atoms with van der Waals surface area (Å²) in [5.74, 6) is -0.0736. The number of hydrogen-bond acceptors (Lipinski definition) is 8. The van der Waals surface area contributed by atoms with Gasteiger partial charge in [-0.25, -0.2) is 19.7 Å². The summed E-state index contributed by atoms with van der Waals surface area (Å²) in [6, 6.07) is 13.7. The molecule has 32 heavy (non-hydrogen) atoms. The minimum atomic E-state index is -0.538. The van der Waals surface area contributed by atoms with Crippen LogP contribution in [0, 0.1) is 16.0 Å². The van der Waals surface area contributed by atoms with E-state index in [-0.39, 0.29) is 23.2 Å². The molecule has 0 spiro atoms. The van der Waals surface area contributed by atoms with Gasteiger partial charge in [0.25, 0.3) is 0 Å². The van der Waals surface area contributed by atoms with Crippen molar-refractivity contribution in [2.75, 3.05) is 11.9 Å². The molecular formula is C22H20N6O4. The van der Waals surface area contributed by atoms with Crippen LogP contribution in [0.25, 0.3) is 16.9 Å². The third-order valence-electron chi connectivity index (χ3n) is 4.60. The Kier molecular flexibility index (Phi) is 5.75. The third-order valence-corrected chi connectivity index (χ3v) is 4.60. The minimum Gasteiger partial charge on any atom is -0.462 e. The van der Waals surface area contributed by atoms with E-state index in [9.17, 15) is 14.9 Å². The van der Waals surface area contributed by atoms with Crippen molar-refractivity contribution in [3.63, 3.8) is 0 Å². The number of para-hydroxylation sites is 2. The van der Waals surface area contributed by atoms with Crippen LogP contribution in [0.15, 0.2) is 61.2 Å². The Morgan fingerprint density at radius 3 is 2.59 bits per heavy atom. The lowest BCUT2D eigenvalue weighted by atomic mass is 10.2. The highest BCUT2D eigenvalue weighted by Crippen LogP contribution is 2.31. The number of nitro groups is 1. The number of rotatable bonds is 7. The summed E-state index contributed by atoms with van der Waals surface area (Å²) in [6.07, 6.45) is 2.73. The van der Waals surface area contributed by atoms with Gasteiger partial charge in [-0.05, 0) is 42.3 Å². The number of imidazole rings is 1. The SMILES string of the molecule is CC(C)COC(=O)c1ccc(Nc2ncnc(-n3cnc4ccccc43)c2[N+](=O)[O-])cc1. The topological polar surface area (TPSA) is 125 Å². The van der Waals surface area contributed by atoms with Crippen molar-refractivity contribution < 1.29 is 14.5 Å². The van der Waals surface area contributed by atoms with Crippen LogP contribution in [0.1, 0.15) is 24.2 Å². The van der Waals surface area contributed by atoms with Crippen molar-refractivity contribution in [1.29, 1.82) is 0 Å². The maximum Gasteiger partial charge on any atom is 0.354 e. The molecular weight excluding hydrogens is 412 g/mol. The number of nitrogens with one attached hydrogen (secondary N) is 1. The van der Waals surface area contributed by atoms with E-state index >= 15 is 0 Å². The zero-order chi connectivity index (χ0) is 22.7. The van der Waals surface area contributed by atoms with E-state index in [1.807, 2.05) is 32.0 Å².